The maximum Gasteiger partial charge on any atom is 0.219 e. The van der Waals surface area contributed by atoms with Gasteiger partial charge in [-0.15, -0.1) is 0 Å². The highest BCUT2D eigenvalue weighted by Crippen LogP contribution is 2.41. The fraction of sp³-hybridized carbons (Fsp3) is 0.478. The number of anilines is 1. The number of fused-ring (bicyclic) bond motifs is 2. The Bertz CT molecular complexity index is 1290. The van der Waals surface area contributed by atoms with Crippen LogP contribution in [0.4, 0.5) is 10.2 Å². The van der Waals surface area contributed by atoms with Gasteiger partial charge in [-0.2, -0.15) is 5.10 Å². The SMILES string of the molecule is CC(=O)N1CC(N2Cc3c(F)c(Cl)cc([C@H](C)n4nc(C)c5c(N)ncnc54)c3OC(C)C2)C1. The van der Waals surface area contributed by atoms with E-state index in [1.807, 2.05) is 20.8 Å². The van der Waals surface area contributed by atoms with Crippen LogP contribution in [0.15, 0.2) is 12.4 Å². The van der Waals surface area contributed by atoms with Gasteiger partial charge < -0.3 is 15.4 Å². The van der Waals surface area contributed by atoms with E-state index in [1.54, 1.807) is 22.6 Å². The Balaban J connectivity index is 1.56. The zero-order valence-electron chi connectivity index (χ0n) is 19.5. The Morgan fingerprint density at radius 2 is 2.06 bits per heavy atom. The minimum atomic E-state index is -0.484. The van der Waals surface area contributed by atoms with Crippen molar-refractivity contribution in [2.45, 2.75) is 52.4 Å². The van der Waals surface area contributed by atoms with Gasteiger partial charge in [-0.3, -0.25) is 9.69 Å². The number of carbonyl (C=O) groups is 1. The highest BCUT2D eigenvalue weighted by molar-refractivity contribution is 6.31. The van der Waals surface area contributed by atoms with Crippen LogP contribution >= 0.6 is 11.6 Å². The van der Waals surface area contributed by atoms with Crippen molar-refractivity contribution in [3.63, 3.8) is 0 Å². The molecule has 2 N–H and O–H groups in total. The highest BCUT2D eigenvalue weighted by atomic mass is 35.5. The van der Waals surface area contributed by atoms with Gasteiger partial charge in [0.1, 0.15) is 29.8 Å². The number of halogens is 2. The molecule has 5 rings (SSSR count). The number of carbonyl (C=O) groups excluding carboxylic acids is 1. The molecule has 0 radical (unpaired) electrons. The molecule has 2 aliphatic heterocycles. The van der Waals surface area contributed by atoms with Gasteiger partial charge in [-0.25, -0.2) is 19.0 Å². The molecule has 0 saturated carbocycles. The zero-order chi connectivity index (χ0) is 24.3. The average molecular weight is 488 g/mol. The van der Waals surface area contributed by atoms with E-state index in [-0.39, 0.29) is 29.1 Å². The Morgan fingerprint density at radius 1 is 1.32 bits per heavy atom. The summed E-state index contributed by atoms with van der Waals surface area (Å²) in [7, 11) is 0. The molecule has 2 atom stereocenters. The lowest BCUT2D eigenvalue weighted by atomic mass is 10.0. The van der Waals surface area contributed by atoms with E-state index in [1.165, 1.54) is 6.33 Å². The van der Waals surface area contributed by atoms with E-state index >= 15 is 4.39 Å². The number of aryl methyl sites for hydroxylation is 1. The maximum absolute atomic E-state index is 15.3. The number of amides is 1. The molecule has 0 aliphatic carbocycles. The van der Waals surface area contributed by atoms with Crippen LogP contribution in [0.2, 0.25) is 5.02 Å². The van der Waals surface area contributed by atoms with E-state index in [0.717, 1.165) is 5.56 Å². The van der Waals surface area contributed by atoms with Crippen LogP contribution in [-0.2, 0) is 11.3 Å². The molecule has 1 saturated heterocycles. The summed E-state index contributed by atoms with van der Waals surface area (Å²) in [6.07, 6.45) is 1.22. The summed E-state index contributed by atoms with van der Waals surface area (Å²) in [4.78, 5) is 24.1. The molecule has 34 heavy (non-hydrogen) atoms. The van der Waals surface area contributed by atoms with Crippen molar-refractivity contribution in [1.82, 2.24) is 29.5 Å². The molecule has 1 amide bonds. The van der Waals surface area contributed by atoms with Gasteiger partial charge in [-0.1, -0.05) is 11.6 Å². The third-order valence-corrected chi connectivity index (χ3v) is 7.07. The van der Waals surface area contributed by atoms with E-state index < -0.39 is 5.82 Å². The third-order valence-electron chi connectivity index (χ3n) is 6.80. The number of nitrogens with two attached hydrogens (primary N) is 1. The summed E-state index contributed by atoms with van der Waals surface area (Å²) in [5.74, 6) is 0.405. The molecule has 1 fully saturated rings. The topological polar surface area (TPSA) is 102 Å². The molecule has 180 valence electrons. The first-order valence-electron chi connectivity index (χ1n) is 11.3. The number of likely N-dealkylation sites (tertiary alicyclic amines) is 1. The average Bonchev–Trinajstić information content (AvgIpc) is 2.98. The molecule has 0 spiro atoms. The molecule has 2 aromatic heterocycles. The first-order chi connectivity index (χ1) is 16.2. The van der Waals surface area contributed by atoms with Crippen molar-refractivity contribution in [2.24, 2.45) is 0 Å². The van der Waals surface area contributed by atoms with Crippen molar-refractivity contribution in [2.75, 3.05) is 25.4 Å². The molecular formula is C23H27ClFN7O2. The van der Waals surface area contributed by atoms with Gasteiger partial charge in [0.05, 0.1) is 22.1 Å². The van der Waals surface area contributed by atoms with Crippen molar-refractivity contribution in [3.05, 3.63) is 40.1 Å². The summed E-state index contributed by atoms with van der Waals surface area (Å²) in [6.45, 7) is 9.53. The van der Waals surface area contributed by atoms with Crippen LogP contribution in [0, 0.1) is 12.7 Å². The second-order valence-corrected chi connectivity index (χ2v) is 9.58. The van der Waals surface area contributed by atoms with Crippen LogP contribution in [0.5, 0.6) is 5.75 Å². The number of nitrogens with zero attached hydrogens (tertiary/aromatic N) is 6. The first-order valence-corrected chi connectivity index (χ1v) is 11.7. The van der Waals surface area contributed by atoms with E-state index in [4.69, 9.17) is 22.1 Å². The molecule has 3 aromatic rings. The predicted molar refractivity (Wildman–Crippen MR) is 126 cm³/mol. The molecule has 11 heteroatoms. The van der Waals surface area contributed by atoms with Crippen LogP contribution in [-0.4, -0.2) is 67.2 Å². The molecular weight excluding hydrogens is 461 g/mol. The van der Waals surface area contributed by atoms with Crippen LogP contribution in [0.25, 0.3) is 11.0 Å². The smallest absolute Gasteiger partial charge is 0.219 e. The summed E-state index contributed by atoms with van der Waals surface area (Å²) in [6, 6.07) is 1.40. The highest BCUT2D eigenvalue weighted by Gasteiger charge is 2.38. The van der Waals surface area contributed by atoms with Crippen molar-refractivity contribution in [3.8, 4) is 5.75 Å². The third kappa shape index (κ3) is 3.65. The van der Waals surface area contributed by atoms with E-state index in [9.17, 15) is 4.79 Å². The number of benzene rings is 1. The number of aromatic nitrogens is 4. The second-order valence-electron chi connectivity index (χ2n) is 9.17. The number of hydrogen-bond donors (Lipinski definition) is 1. The monoisotopic (exact) mass is 487 g/mol. The second kappa shape index (κ2) is 8.35. The van der Waals surface area contributed by atoms with E-state index in [0.29, 0.717) is 60.0 Å². The Labute approximate surface area is 201 Å². The summed E-state index contributed by atoms with van der Waals surface area (Å²) < 4.78 is 23.4. The minimum Gasteiger partial charge on any atom is -0.489 e. The van der Waals surface area contributed by atoms with Gasteiger partial charge in [0.15, 0.2) is 5.65 Å². The van der Waals surface area contributed by atoms with Gasteiger partial charge in [0.25, 0.3) is 0 Å². The number of ether oxygens (including phenoxy) is 1. The largest absolute Gasteiger partial charge is 0.489 e. The minimum absolute atomic E-state index is 0.0278. The van der Waals surface area contributed by atoms with E-state index in [2.05, 4.69) is 20.0 Å². The normalized spacial score (nSPS) is 19.9. The van der Waals surface area contributed by atoms with Crippen molar-refractivity contribution in [1.29, 1.82) is 0 Å². The fourth-order valence-electron chi connectivity index (χ4n) is 4.90. The zero-order valence-corrected chi connectivity index (χ0v) is 20.3. The molecule has 2 aliphatic rings. The standard InChI is InChI=1S/C23H27ClFN7O2/c1-11-6-31(15-7-30(8-15)14(4)33)9-17-20(25)18(24)5-16(21(17)34-11)13(3)32-23-19(12(2)29-32)22(26)27-10-28-23/h5,10-11,13,15H,6-9H2,1-4H3,(H2,26,27,28)/t11?,13-/m0/s1. The van der Waals surface area contributed by atoms with Crippen LogP contribution < -0.4 is 10.5 Å². The quantitative estimate of drug-likeness (QED) is 0.606. The lowest BCUT2D eigenvalue weighted by molar-refractivity contribution is -0.136. The summed E-state index contributed by atoms with van der Waals surface area (Å²) in [5.41, 5.74) is 8.50. The molecule has 1 aromatic carbocycles. The van der Waals surface area contributed by atoms with Crippen molar-refractivity contribution >= 4 is 34.4 Å². The molecule has 1 unspecified atom stereocenters. The molecule has 9 nitrogen and oxygen atoms in total. The molecule has 0 bridgehead atoms. The van der Waals surface area contributed by atoms with Gasteiger partial charge in [0, 0.05) is 50.3 Å². The predicted octanol–water partition coefficient (Wildman–Crippen LogP) is 2.93. The number of nitrogen functional groups attached to an aromatic ring is 1. The van der Waals surface area contributed by atoms with Gasteiger partial charge >= 0.3 is 0 Å². The molecule has 4 heterocycles. The lowest BCUT2D eigenvalue weighted by Crippen LogP contribution is -2.61. The van der Waals surface area contributed by atoms with Gasteiger partial charge in [0.2, 0.25) is 5.91 Å². The van der Waals surface area contributed by atoms with Crippen molar-refractivity contribution < 1.29 is 13.9 Å². The summed E-state index contributed by atoms with van der Waals surface area (Å²) >= 11 is 6.38. The summed E-state index contributed by atoms with van der Waals surface area (Å²) in [5, 5.41) is 5.37. The Hall–Kier alpha value is -2.98. The van der Waals surface area contributed by atoms with Gasteiger partial charge in [-0.05, 0) is 26.8 Å². The Morgan fingerprint density at radius 3 is 2.76 bits per heavy atom. The maximum atomic E-state index is 15.3. The lowest BCUT2D eigenvalue weighted by Gasteiger charge is -2.45. The van der Waals surface area contributed by atoms with Crippen LogP contribution in [0.3, 0.4) is 0 Å². The first kappa shape index (κ1) is 22.8. The number of hydrogen-bond acceptors (Lipinski definition) is 7. The fourth-order valence-corrected chi connectivity index (χ4v) is 5.13. The van der Waals surface area contributed by atoms with Crippen LogP contribution in [0.1, 0.15) is 43.6 Å². The Kier molecular flexibility index (Phi) is 5.60. The number of rotatable bonds is 3.